The van der Waals surface area contributed by atoms with Crippen LogP contribution in [0.1, 0.15) is 36.8 Å². The van der Waals surface area contributed by atoms with Crippen LogP contribution in [0.5, 0.6) is 0 Å². The zero-order valence-electron chi connectivity index (χ0n) is 19.0. The maximum absolute atomic E-state index is 15.0. The van der Waals surface area contributed by atoms with Gasteiger partial charge in [0, 0.05) is 36.9 Å². The third-order valence-corrected chi connectivity index (χ3v) is 9.97. The number of thiol groups is 1. The van der Waals surface area contributed by atoms with Gasteiger partial charge >= 0.3 is 0 Å². The molecule has 4 N–H and O–H groups in total. The molecule has 1 fully saturated rings. The summed E-state index contributed by atoms with van der Waals surface area (Å²) in [7, 11) is -1.65. The lowest BCUT2D eigenvalue weighted by molar-refractivity contribution is 0.102. The number of hydrogen-bond acceptors (Lipinski definition) is 5. The van der Waals surface area contributed by atoms with Gasteiger partial charge in [-0.3, -0.25) is 19.1 Å². The first kappa shape index (κ1) is 25.2. The van der Waals surface area contributed by atoms with Crippen LogP contribution in [0.15, 0.2) is 36.5 Å². The Hall–Kier alpha value is -2.40. The summed E-state index contributed by atoms with van der Waals surface area (Å²) < 4.78 is 36.2. The molecule has 0 bridgehead atoms. The Bertz CT molecular complexity index is 1110. The van der Waals surface area contributed by atoms with Crippen molar-refractivity contribution in [2.45, 2.75) is 31.1 Å². The first-order valence-corrected chi connectivity index (χ1v) is 12.6. The van der Waals surface area contributed by atoms with Gasteiger partial charge in [0.2, 0.25) is 0 Å². The van der Waals surface area contributed by atoms with E-state index in [-0.39, 0.29) is 22.8 Å². The van der Waals surface area contributed by atoms with Crippen molar-refractivity contribution in [2.24, 2.45) is 0 Å². The van der Waals surface area contributed by atoms with Gasteiger partial charge in [0.25, 0.3) is 5.91 Å². The van der Waals surface area contributed by atoms with E-state index in [0.29, 0.717) is 23.9 Å². The second-order valence-corrected chi connectivity index (χ2v) is 12.4. The van der Waals surface area contributed by atoms with Crippen molar-refractivity contribution < 1.29 is 18.1 Å². The number of benzene rings is 1. The van der Waals surface area contributed by atoms with Crippen molar-refractivity contribution >= 4 is 39.1 Å². The van der Waals surface area contributed by atoms with E-state index in [2.05, 4.69) is 20.3 Å². The molecule has 3 rings (SSSR count). The molecule has 8 nitrogen and oxygen atoms in total. The van der Waals surface area contributed by atoms with Crippen molar-refractivity contribution in [2.75, 3.05) is 31.3 Å². The minimum atomic E-state index is -3.20. The second kappa shape index (κ2) is 9.46. The summed E-state index contributed by atoms with van der Waals surface area (Å²) >= 11 is 5.82. The molecule has 33 heavy (non-hydrogen) atoms. The second-order valence-electron chi connectivity index (χ2n) is 8.70. The number of carbonyl (C=O) groups excluding carboxylic acids is 1. The lowest BCUT2D eigenvalue weighted by Gasteiger charge is -2.52. The molecule has 1 amide bonds. The highest BCUT2D eigenvalue weighted by atomic mass is 35.5. The van der Waals surface area contributed by atoms with Crippen molar-refractivity contribution in [3.8, 4) is 0 Å². The summed E-state index contributed by atoms with van der Waals surface area (Å²) in [6, 6.07) is 7.19. The van der Waals surface area contributed by atoms with E-state index >= 15 is 4.39 Å². The fraction of sp³-hybridized carbons (Fsp3) is 0.409. The Kier molecular flexibility index (Phi) is 7.23. The minimum absolute atomic E-state index is 0.0451. The number of ether oxygens (including phenoxy) is 1. The number of rotatable bonds is 7. The topological polar surface area (TPSA) is 116 Å². The van der Waals surface area contributed by atoms with Gasteiger partial charge in [-0.25, -0.2) is 9.37 Å². The molecule has 0 spiro atoms. The molecule has 11 heteroatoms. The van der Waals surface area contributed by atoms with E-state index < -0.39 is 32.1 Å². The maximum Gasteiger partial charge on any atom is 0.274 e. The Balaban J connectivity index is 1.92. The number of pyridine rings is 1. The average Bonchev–Trinajstić information content (AvgIpc) is 2.74. The molecule has 1 aliphatic heterocycles. The van der Waals surface area contributed by atoms with E-state index in [4.69, 9.17) is 21.7 Å². The molecule has 0 unspecified atom stereocenters. The Labute approximate surface area is 198 Å². The van der Waals surface area contributed by atoms with Crippen LogP contribution in [0.4, 0.5) is 10.1 Å². The van der Waals surface area contributed by atoms with E-state index in [0.717, 1.165) is 0 Å². The van der Waals surface area contributed by atoms with Crippen molar-refractivity contribution in [3.05, 3.63) is 58.6 Å². The van der Waals surface area contributed by atoms with Crippen molar-refractivity contribution in [1.82, 2.24) is 15.0 Å². The quantitative estimate of drug-likeness (QED) is 0.298. The molecule has 1 aliphatic rings. The number of nitrogens with zero attached hydrogens (tertiary/aromatic N) is 1. The molecule has 0 radical (unpaired) electrons. The van der Waals surface area contributed by atoms with E-state index in [1.165, 1.54) is 30.5 Å². The van der Waals surface area contributed by atoms with Crippen molar-refractivity contribution in [1.29, 1.82) is 5.41 Å². The van der Waals surface area contributed by atoms with E-state index in [1.54, 1.807) is 33.9 Å². The number of amides is 1. The number of hydrogen-bond donors (Lipinski definition) is 5. The standard InChI is InChI=1S/C22H29ClFN5O3S/c1-21(2)20(25)29-22(3,13-33(21,31)27-9-10-32-4)16-11-15(6-7-17(16)24)28-19(30)18-8-5-14(23)12-26-18/h5-8,11-12,33H,9-10,13H2,1-4H3,(H2,25,29)(H,27,31)(H,28,30)/t22-/m0/s1. The number of nitrogens with one attached hydrogen (secondary N) is 4. The summed E-state index contributed by atoms with van der Waals surface area (Å²) in [6.45, 7) is 5.86. The number of aromatic nitrogens is 1. The number of amidine groups is 1. The lowest BCUT2D eigenvalue weighted by Crippen LogP contribution is -2.70. The molecule has 1 atom stereocenters. The molecule has 0 saturated carbocycles. The van der Waals surface area contributed by atoms with Crippen molar-refractivity contribution in [3.63, 3.8) is 0 Å². The van der Waals surface area contributed by atoms with Crippen LogP contribution in [-0.2, 0) is 20.4 Å². The summed E-state index contributed by atoms with van der Waals surface area (Å²) in [5.74, 6) is -0.911. The average molecular weight is 498 g/mol. The molecule has 2 aromatic rings. The maximum atomic E-state index is 15.0. The summed E-state index contributed by atoms with van der Waals surface area (Å²) in [5, 5.41) is 14.7. The van der Waals surface area contributed by atoms with Crippen LogP contribution in [-0.4, -0.2) is 51.7 Å². The highest BCUT2D eigenvalue weighted by Crippen LogP contribution is 2.38. The lowest BCUT2D eigenvalue weighted by atomic mass is 9.91. The highest BCUT2D eigenvalue weighted by molar-refractivity contribution is 8.03. The van der Waals surface area contributed by atoms with Gasteiger partial charge in [0.1, 0.15) is 17.3 Å². The third-order valence-electron chi connectivity index (χ3n) is 5.91. The van der Waals surface area contributed by atoms with Crippen LogP contribution >= 0.6 is 11.6 Å². The number of methoxy groups -OCH3 is 1. The molecular formula is C22H29ClFN5O3S. The fourth-order valence-corrected chi connectivity index (χ4v) is 6.78. The van der Waals surface area contributed by atoms with Gasteiger partial charge in [0.15, 0.2) is 0 Å². The smallest absolute Gasteiger partial charge is 0.274 e. The van der Waals surface area contributed by atoms with Crippen LogP contribution < -0.4 is 15.4 Å². The molecule has 1 aromatic heterocycles. The fourth-order valence-electron chi connectivity index (χ4n) is 3.76. The number of carbonyl (C=O) groups is 1. The van der Waals surface area contributed by atoms with E-state index in [1.807, 2.05) is 0 Å². The minimum Gasteiger partial charge on any atom is -0.383 e. The molecule has 1 saturated heterocycles. The first-order valence-electron chi connectivity index (χ1n) is 10.4. The SMILES string of the molecule is COCCN[SH]1(=O)C[C@@](C)(c2cc(NC(=O)c3ccc(Cl)cn3)ccc2F)NC(=N)C1(C)C. The third kappa shape index (κ3) is 5.08. The molecule has 0 aliphatic carbocycles. The summed E-state index contributed by atoms with van der Waals surface area (Å²) in [4.78, 5) is 16.5. The Morgan fingerprint density at radius 1 is 1.33 bits per heavy atom. The number of anilines is 1. The van der Waals surface area contributed by atoms with Gasteiger partial charge in [-0.15, -0.1) is 0 Å². The van der Waals surface area contributed by atoms with Gasteiger partial charge in [-0.2, -0.15) is 0 Å². The monoisotopic (exact) mass is 497 g/mol. The molecular weight excluding hydrogens is 469 g/mol. The van der Waals surface area contributed by atoms with Gasteiger partial charge in [-0.05, 0) is 61.2 Å². The molecule has 1 aromatic carbocycles. The predicted octanol–water partition coefficient (Wildman–Crippen LogP) is 2.87. The van der Waals surface area contributed by atoms with Crippen LogP contribution in [0.2, 0.25) is 5.02 Å². The summed E-state index contributed by atoms with van der Waals surface area (Å²) in [6.07, 6.45) is 1.36. The zero-order chi connectivity index (χ0) is 24.4. The van der Waals surface area contributed by atoms with Crippen LogP contribution in [0.3, 0.4) is 0 Å². The number of halogens is 2. The molecule has 2 heterocycles. The highest BCUT2D eigenvalue weighted by Gasteiger charge is 2.50. The van der Waals surface area contributed by atoms with Gasteiger partial charge in [-0.1, -0.05) is 11.6 Å². The predicted molar refractivity (Wildman–Crippen MR) is 130 cm³/mol. The van der Waals surface area contributed by atoms with Gasteiger partial charge in [0.05, 0.1) is 21.9 Å². The van der Waals surface area contributed by atoms with Crippen LogP contribution in [0, 0.1) is 11.2 Å². The van der Waals surface area contributed by atoms with E-state index in [9.17, 15) is 9.00 Å². The van der Waals surface area contributed by atoms with Gasteiger partial charge < -0.3 is 15.4 Å². The zero-order valence-corrected chi connectivity index (χ0v) is 20.6. The molecule has 180 valence electrons. The Morgan fingerprint density at radius 3 is 2.70 bits per heavy atom. The largest absolute Gasteiger partial charge is 0.383 e. The van der Waals surface area contributed by atoms with Crippen LogP contribution in [0.25, 0.3) is 0 Å². The summed E-state index contributed by atoms with van der Waals surface area (Å²) in [5.41, 5.74) is -0.457. The Morgan fingerprint density at radius 2 is 2.06 bits per heavy atom. The normalized spacial score (nSPS) is 22.3. The first-order chi connectivity index (χ1) is 15.4.